The van der Waals surface area contributed by atoms with Crippen molar-refractivity contribution in [2.75, 3.05) is 0 Å². The summed E-state index contributed by atoms with van der Waals surface area (Å²) >= 11 is 0. The maximum absolute atomic E-state index is 10.0. The van der Waals surface area contributed by atoms with Crippen LogP contribution in [0.5, 0.6) is 5.75 Å². The van der Waals surface area contributed by atoms with Crippen molar-refractivity contribution in [3.8, 4) is 5.75 Å². The maximum atomic E-state index is 10.0. The van der Waals surface area contributed by atoms with Gasteiger partial charge in [0, 0.05) is 12.1 Å². The number of rotatable bonds is 2. The van der Waals surface area contributed by atoms with Crippen molar-refractivity contribution < 1.29 is 5.11 Å². The van der Waals surface area contributed by atoms with Crippen molar-refractivity contribution in [3.05, 3.63) is 29.3 Å². The fourth-order valence-electron chi connectivity index (χ4n) is 5.73. The summed E-state index contributed by atoms with van der Waals surface area (Å²) in [6, 6.07) is 7.03. The fourth-order valence-corrected chi connectivity index (χ4v) is 5.73. The Morgan fingerprint density at radius 1 is 1.19 bits per heavy atom. The van der Waals surface area contributed by atoms with Crippen LogP contribution in [0.2, 0.25) is 0 Å². The summed E-state index contributed by atoms with van der Waals surface area (Å²) in [6.45, 7) is 7.40. The maximum Gasteiger partial charge on any atom is 0.119 e. The van der Waals surface area contributed by atoms with Gasteiger partial charge in [0.1, 0.15) is 5.75 Å². The van der Waals surface area contributed by atoms with E-state index in [2.05, 4.69) is 32.2 Å². The van der Waals surface area contributed by atoms with Crippen LogP contribution in [0, 0.1) is 16.7 Å². The molecule has 0 radical (unpaired) electrons. The van der Waals surface area contributed by atoms with Crippen LogP contribution in [-0.2, 0) is 6.42 Å². The molecule has 21 heavy (non-hydrogen) atoms. The zero-order valence-corrected chi connectivity index (χ0v) is 13.4. The van der Waals surface area contributed by atoms with Crippen molar-refractivity contribution in [3.63, 3.8) is 0 Å². The molecule has 2 fully saturated rings. The van der Waals surface area contributed by atoms with Gasteiger partial charge < -0.3 is 10.4 Å². The van der Waals surface area contributed by atoms with Crippen molar-refractivity contribution in [2.24, 2.45) is 16.7 Å². The van der Waals surface area contributed by atoms with Crippen LogP contribution in [-0.4, -0.2) is 11.1 Å². The molecule has 1 aromatic carbocycles. The number of phenolic OH excluding ortho intramolecular Hbond substituents is 1. The van der Waals surface area contributed by atoms with Gasteiger partial charge in [-0.1, -0.05) is 32.9 Å². The third-order valence-electron chi connectivity index (χ3n) is 6.88. The second-order valence-corrected chi connectivity index (χ2v) is 8.45. The molecule has 3 aliphatic carbocycles. The Morgan fingerprint density at radius 2 is 2.00 bits per heavy atom. The molecule has 0 amide bonds. The van der Waals surface area contributed by atoms with Crippen LogP contribution in [0.25, 0.3) is 0 Å². The van der Waals surface area contributed by atoms with Gasteiger partial charge in [0.15, 0.2) is 0 Å². The van der Waals surface area contributed by atoms with E-state index in [-0.39, 0.29) is 0 Å². The molecular formula is C19H27NO. The van der Waals surface area contributed by atoms with E-state index in [1.807, 2.05) is 12.1 Å². The molecule has 2 saturated carbocycles. The van der Waals surface area contributed by atoms with E-state index < -0.39 is 0 Å². The average Bonchev–Trinajstić information content (AvgIpc) is 3.05. The molecule has 0 heterocycles. The average molecular weight is 285 g/mol. The van der Waals surface area contributed by atoms with Gasteiger partial charge in [-0.2, -0.15) is 0 Å². The molecule has 2 heteroatoms. The number of nitrogens with one attached hydrogen (secondary N) is 1. The Kier molecular flexibility index (Phi) is 2.76. The van der Waals surface area contributed by atoms with E-state index >= 15 is 0 Å². The van der Waals surface area contributed by atoms with Crippen molar-refractivity contribution in [2.45, 2.75) is 65.0 Å². The lowest BCUT2D eigenvalue weighted by atomic mass is 9.68. The Hall–Kier alpha value is -1.02. The molecule has 4 atom stereocenters. The molecule has 3 aliphatic rings. The smallest absolute Gasteiger partial charge is 0.119 e. The largest absolute Gasteiger partial charge is 0.508 e. The molecular weight excluding hydrogens is 258 g/mol. The minimum Gasteiger partial charge on any atom is -0.508 e. The van der Waals surface area contributed by atoms with Gasteiger partial charge in [0.25, 0.3) is 0 Å². The SMILES string of the molecule is CC12CCC(C1)C(C)(C)C2NC1CCc2c(O)cccc21. The zero-order valence-electron chi connectivity index (χ0n) is 13.4. The highest BCUT2D eigenvalue weighted by molar-refractivity contribution is 5.44. The first kappa shape index (κ1) is 13.6. The Balaban J connectivity index is 1.62. The van der Waals surface area contributed by atoms with Gasteiger partial charge in [0.05, 0.1) is 0 Å². The van der Waals surface area contributed by atoms with Crippen LogP contribution in [0.15, 0.2) is 18.2 Å². The van der Waals surface area contributed by atoms with Gasteiger partial charge in [0.2, 0.25) is 0 Å². The van der Waals surface area contributed by atoms with Crippen molar-refractivity contribution in [1.82, 2.24) is 5.32 Å². The molecule has 2 N–H and O–H groups in total. The van der Waals surface area contributed by atoms with Crippen molar-refractivity contribution >= 4 is 0 Å². The standard InChI is InChI=1S/C19H27NO/c1-18(2)12-9-10-19(3,11-12)17(18)20-15-8-7-14-13(15)5-4-6-16(14)21/h4-6,12,15,17,20-21H,7-11H2,1-3H3. The van der Waals surface area contributed by atoms with Gasteiger partial charge >= 0.3 is 0 Å². The second kappa shape index (κ2) is 4.25. The molecule has 4 unspecified atom stereocenters. The topological polar surface area (TPSA) is 32.3 Å². The van der Waals surface area contributed by atoms with Crippen LogP contribution >= 0.6 is 0 Å². The first-order chi connectivity index (χ1) is 9.92. The summed E-state index contributed by atoms with van der Waals surface area (Å²) in [4.78, 5) is 0. The molecule has 2 nitrogen and oxygen atoms in total. The predicted octanol–water partition coefficient (Wildman–Crippen LogP) is 4.18. The third-order valence-corrected chi connectivity index (χ3v) is 6.88. The highest BCUT2D eigenvalue weighted by atomic mass is 16.3. The van der Waals surface area contributed by atoms with E-state index in [0.717, 1.165) is 18.8 Å². The normalized spacial score (nSPS) is 39.7. The summed E-state index contributed by atoms with van der Waals surface area (Å²) in [5.41, 5.74) is 3.36. The quantitative estimate of drug-likeness (QED) is 0.854. The summed E-state index contributed by atoms with van der Waals surface area (Å²) in [5.74, 6) is 1.36. The van der Waals surface area contributed by atoms with Crippen LogP contribution in [0.3, 0.4) is 0 Å². The van der Waals surface area contributed by atoms with Gasteiger partial charge in [-0.3, -0.25) is 0 Å². The summed E-state index contributed by atoms with van der Waals surface area (Å²) in [6.07, 6.45) is 6.30. The molecule has 1 aromatic rings. The van der Waals surface area contributed by atoms with E-state index in [4.69, 9.17) is 0 Å². The lowest BCUT2D eigenvalue weighted by Gasteiger charge is -2.44. The van der Waals surface area contributed by atoms with Crippen molar-refractivity contribution in [1.29, 1.82) is 0 Å². The Labute approximate surface area is 128 Å². The minimum absolute atomic E-state index is 0.395. The van der Waals surface area contributed by atoms with E-state index in [1.165, 1.54) is 30.4 Å². The fraction of sp³-hybridized carbons (Fsp3) is 0.684. The van der Waals surface area contributed by atoms with Gasteiger partial charge in [-0.25, -0.2) is 0 Å². The third kappa shape index (κ3) is 1.81. The predicted molar refractivity (Wildman–Crippen MR) is 85.3 cm³/mol. The number of hydrogen-bond donors (Lipinski definition) is 2. The van der Waals surface area contributed by atoms with E-state index in [0.29, 0.717) is 28.7 Å². The van der Waals surface area contributed by atoms with Gasteiger partial charge in [-0.05, 0) is 66.0 Å². The lowest BCUT2D eigenvalue weighted by molar-refractivity contribution is 0.0983. The van der Waals surface area contributed by atoms with E-state index in [1.54, 1.807) is 0 Å². The number of hydrogen-bond acceptors (Lipinski definition) is 2. The molecule has 0 aromatic heterocycles. The summed E-state index contributed by atoms with van der Waals surface area (Å²) < 4.78 is 0. The van der Waals surface area contributed by atoms with Gasteiger partial charge in [-0.15, -0.1) is 0 Å². The van der Waals surface area contributed by atoms with Crippen LogP contribution < -0.4 is 5.32 Å². The number of benzene rings is 1. The molecule has 0 aliphatic heterocycles. The van der Waals surface area contributed by atoms with E-state index in [9.17, 15) is 5.11 Å². The number of aromatic hydroxyl groups is 1. The lowest BCUT2D eigenvalue weighted by Crippen LogP contribution is -2.51. The Morgan fingerprint density at radius 3 is 2.71 bits per heavy atom. The zero-order chi connectivity index (χ0) is 14.8. The monoisotopic (exact) mass is 285 g/mol. The molecule has 0 saturated heterocycles. The minimum atomic E-state index is 0.395. The molecule has 114 valence electrons. The number of fused-ring (bicyclic) bond motifs is 3. The number of phenols is 1. The molecule has 4 rings (SSSR count). The highest BCUT2D eigenvalue weighted by Crippen LogP contribution is 2.63. The first-order valence-corrected chi connectivity index (χ1v) is 8.49. The summed E-state index contributed by atoms with van der Waals surface area (Å²) in [7, 11) is 0. The first-order valence-electron chi connectivity index (χ1n) is 8.49. The molecule has 0 spiro atoms. The van der Waals surface area contributed by atoms with Crippen LogP contribution in [0.1, 0.15) is 63.6 Å². The van der Waals surface area contributed by atoms with Crippen LogP contribution in [0.4, 0.5) is 0 Å². The second-order valence-electron chi connectivity index (χ2n) is 8.45. The highest BCUT2D eigenvalue weighted by Gasteiger charge is 2.59. The Bertz CT molecular complexity index is 574. The molecule has 2 bridgehead atoms. The summed E-state index contributed by atoms with van der Waals surface area (Å²) in [5, 5.41) is 14.1.